The lowest BCUT2D eigenvalue weighted by atomic mass is 10.0. The van der Waals surface area contributed by atoms with E-state index in [-0.39, 0.29) is 25.7 Å². The summed E-state index contributed by atoms with van der Waals surface area (Å²) in [6.07, 6.45) is 35.4. The lowest BCUT2D eigenvalue weighted by Gasteiger charge is -2.21. The maximum absolute atomic E-state index is 13.0. The Labute approximate surface area is 498 Å². The minimum Gasteiger partial charge on any atom is -0.462 e. The molecule has 0 aliphatic rings. The molecule has 0 radical (unpaired) electrons. The highest BCUT2D eigenvalue weighted by molar-refractivity contribution is 7.47. The molecular weight excluding hydrogens is 1090 g/mol. The Bertz CT molecular complexity index is 1630. The van der Waals surface area contributed by atoms with Crippen LogP contribution < -0.4 is 0 Å². The van der Waals surface area contributed by atoms with Crippen LogP contribution in [0.1, 0.15) is 305 Å². The molecule has 0 aromatic carbocycles. The van der Waals surface area contributed by atoms with Gasteiger partial charge in [-0.1, -0.05) is 254 Å². The van der Waals surface area contributed by atoms with Gasteiger partial charge in [-0.15, -0.1) is 0 Å². The van der Waals surface area contributed by atoms with Gasteiger partial charge in [-0.25, -0.2) is 9.13 Å². The number of esters is 4. The van der Waals surface area contributed by atoms with E-state index in [4.69, 9.17) is 37.0 Å². The van der Waals surface area contributed by atoms with Gasteiger partial charge in [0.2, 0.25) is 0 Å². The average Bonchev–Trinajstić information content (AvgIpc) is 3.42. The van der Waals surface area contributed by atoms with Gasteiger partial charge in [-0.2, -0.15) is 0 Å². The summed E-state index contributed by atoms with van der Waals surface area (Å²) in [6.45, 7) is 11.6. The quantitative estimate of drug-likeness (QED) is 0.0222. The molecule has 0 rings (SSSR count). The first-order chi connectivity index (χ1) is 39.2. The number of unbranched alkanes of at least 4 members (excludes halogenated alkanes) is 29. The third kappa shape index (κ3) is 57.2. The number of ether oxygens (including phenoxy) is 4. The SMILES string of the molecule is CCCCCCCC(=O)OC[C@H](COP(=O)(O)OC[C@H](O)COP(=O)(O)OC[C@@H](COC(=O)CCCCCCCCCCC(C)C)OC(=O)CCCCCCCCCCCCCCCCC(C)C)OC(=O)CCCCCCCCC(C)C. The van der Waals surface area contributed by atoms with Gasteiger partial charge in [0.15, 0.2) is 12.2 Å². The molecule has 0 aliphatic carbocycles. The van der Waals surface area contributed by atoms with Crippen molar-refractivity contribution in [1.82, 2.24) is 0 Å². The predicted octanol–water partition coefficient (Wildman–Crippen LogP) is 17.1. The van der Waals surface area contributed by atoms with Crippen LogP contribution in [0.25, 0.3) is 0 Å². The Morgan fingerprint density at radius 1 is 0.329 bits per heavy atom. The number of aliphatic hydroxyl groups is 1. The second-order valence-electron chi connectivity index (χ2n) is 24.2. The van der Waals surface area contributed by atoms with Gasteiger partial charge in [0.1, 0.15) is 19.3 Å². The first-order valence-electron chi connectivity index (χ1n) is 32.8. The van der Waals surface area contributed by atoms with Crippen molar-refractivity contribution >= 4 is 39.5 Å². The Balaban J connectivity index is 5.16. The Morgan fingerprint density at radius 2 is 0.561 bits per heavy atom. The first kappa shape index (κ1) is 80.1. The standard InChI is InChI=1S/C63H122O17P2/c1-8-9-10-27-37-44-60(65)73-50-58(80-63(68)47-40-33-26-25-30-36-43-56(6)7)52-77-81(69,70)75-48-57(64)49-76-82(71,72)78-53-59(51-74-61(66)45-38-31-23-20-19-22-29-35-42-55(4)5)79-62(67)46-39-32-24-18-16-14-12-11-13-15-17-21-28-34-41-54(2)3/h54-59,64H,8-53H2,1-7H3,(H,69,70)(H,71,72)/t57-,58+,59+/m0/s1. The van der Waals surface area contributed by atoms with Crippen LogP contribution in [-0.4, -0.2) is 96.7 Å². The van der Waals surface area contributed by atoms with E-state index in [1.807, 2.05) is 0 Å². The van der Waals surface area contributed by atoms with E-state index in [9.17, 15) is 43.2 Å². The summed E-state index contributed by atoms with van der Waals surface area (Å²) < 4.78 is 67.7. The molecule has 2 unspecified atom stereocenters. The average molecular weight is 1210 g/mol. The number of phosphoric ester groups is 2. The van der Waals surface area contributed by atoms with Crippen molar-refractivity contribution in [3.05, 3.63) is 0 Å². The number of carbonyl (C=O) groups excluding carboxylic acids is 4. The largest absolute Gasteiger partial charge is 0.472 e. The van der Waals surface area contributed by atoms with Gasteiger partial charge in [-0.05, 0) is 43.4 Å². The number of hydrogen-bond acceptors (Lipinski definition) is 15. The molecule has 0 amide bonds. The molecule has 0 saturated carbocycles. The zero-order valence-corrected chi connectivity index (χ0v) is 54.7. The molecule has 0 saturated heterocycles. The molecule has 0 spiro atoms. The van der Waals surface area contributed by atoms with E-state index in [0.717, 1.165) is 108 Å². The smallest absolute Gasteiger partial charge is 0.462 e. The summed E-state index contributed by atoms with van der Waals surface area (Å²) in [5.74, 6) is 0.0392. The van der Waals surface area contributed by atoms with Crippen molar-refractivity contribution in [2.75, 3.05) is 39.6 Å². The summed E-state index contributed by atoms with van der Waals surface area (Å²) in [4.78, 5) is 71.9. The van der Waals surface area contributed by atoms with E-state index < -0.39 is 97.5 Å². The minimum atomic E-state index is -4.94. The van der Waals surface area contributed by atoms with Crippen LogP contribution in [0.3, 0.4) is 0 Å². The summed E-state index contributed by atoms with van der Waals surface area (Å²) in [7, 11) is -9.88. The molecule has 82 heavy (non-hydrogen) atoms. The van der Waals surface area contributed by atoms with Crippen LogP contribution in [0.2, 0.25) is 0 Å². The highest BCUT2D eigenvalue weighted by atomic mass is 31.2. The fourth-order valence-corrected chi connectivity index (χ4v) is 10.9. The van der Waals surface area contributed by atoms with Gasteiger partial charge < -0.3 is 33.8 Å². The highest BCUT2D eigenvalue weighted by Gasteiger charge is 2.30. The molecule has 0 aromatic rings. The molecule has 0 heterocycles. The van der Waals surface area contributed by atoms with E-state index >= 15 is 0 Å². The van der Waals surface area contributed by atoms with Crippen LogP contribution in [0.4, 0.5) is 0 Å². The fourth-order valence-electron chi connectivity index (χ4n) is 9.30. The minimum absolute atomic E-state index is 0.101. The summed E-state index contributed by atoms with van der Waals surface area (Å²) in [5.41, 5.74) is 0. The first-order valence-corrected chi connectivity index (χ1v) is 35.8. The highest BCUT2D eigenvalue weighted by Crippen LogP contribution is 2.45. The normalized spacial score (nSPS) is 14.4. The summed E-state index contributed by atoms with van der Waals surface area (Å²) in [5, 5.41) is 10.5. The lowest BCUT2D eigenvalue weighted by Crippen LogP contribution is -2.30. The third-order valence-corrected chi connectivity index (χ3v) is 16.3. The fraction of sp³-hybridized carbons (Fsp3) is 0.937. The molecule has 0 bridgehead atoms. The summed E-state index contributed by atoms with van der Waals surface area (Å²) >= 11 is 0. The molecule has 0 fully saturated rings. The van der Waals surface area contributed by atoms with Gasteiger partial charge >= 0.3 is 39.5 Å². The Hall–Kier alpha value is -1.94. The van der Waals surface area contributed by atoms with Gasteiger partial charge in [0.25, 0.3) is 0 Å². The molecule has 0 aromatic heterocycles. The van der Waals surface area contributed by atoms with Crippen molar-refractivity contribution in [1.29, 1.82) is 0 Å². The Kier molecular flexibility index (Phi) is 53.2. The third-order valence-electron chi connectivity index (χ3n) is 14.4. The predicted molar refractivity (Wildman–Crippen MR) is 326 cm³/mol. The maximum Gasteiger partial charge on any atom is 0.472 e. The van der Waals surface area contributed by atoms with E-state index in [1.54, 1.807) is 0 Å². The van der Waals surface area contributed by atoms with Crippen molar-refractivity contribution in [2.24, 2.45) is 17.8 Å². The molecule has 3 N–H and O–H groups in total. The Morgan fingerprint density at radius 3 is 0.829 bits per heavy atom. The molecule has 17 nitrogen and oxygen atoms in total. The van der Waals surface area contributed by atoms with Crippen LogP contribution in [-0.2, 0) is 65.4 Å². The number of hydrogen-bond donors (Lipinski definition) is 3. The van der Waals surface area contributed by atoms with Crippen LogP contribution in [0.5, 0.6) is 0 Å². The van der Waals surface area contributed by atoms with Crippen LogP contribution >= 0.6 is 15.6 Å². The topological polar surface area (TPSA) is 237 Å². The molecule has 19 heteroatoms. The second kappa shape index (κ2) is 54.5. The molecule has 5 atom stereocenters. The van der Waals surface area contributed by atoms with Crippen molar-refractivity contribution in [3.8, 4) is 0 Å². The van der Waals surface area contributed by atoms with E-state index in [0.29, 0.717) is 31.6 Å². The molecule has 0 aliphatic heterocycles. The van der Waals surface area contributed by atoms with Crippen LogP contribution in [0.15, 0.2) is 0 Å². The number of aliphatic hydroxyl groups excluding tert-OH is 1. The van der Waals surface area contributed by atoms with Gasteiger partial charge in [0, 0.05) is 25.7 Å². The lowest BCUT2D eigenvalue weighted by molar-refractivity contribution is -0.161. The zero-order valence-electron chi connectivity index (χ0n) is 52.9. The zero-order chi connectivity index (χ0) is 61.0. The monoisotopic (exact) mass is 1210 g/mol. The number of rotatable bonds is 61. The van der Waals surface area contributed by atoms with E-state index in [2.05, 4.69) is 48.5 Å². The number of phosphoric acid groups is 2. The molecular formula is C63H122O17P2. The second-order valence-corrected chi connectivity index (χ2v) is 27.1. The van der Waals surface area contributed by atoms with E-state index in [1.165, 1.54) is 109 Å². The molecule has 486 valence electrons. The van der Waals surface area contributed by atoms with Crippen molar-refractivity contribution in [2.45, 2.75) is 324 Å². The van der Waals surface area contributed by atoms with Crippen LogP contribution in [0, 0.1) is 17.8 Å². The van der Waals surface area contributed by atoms with Crippen molar-refractivity contribution in [3.63, 3.8) is 0 Å². The summed E-state index contributed by atoms with van der Waals surface area (Å²) in [6, 6.07) is 0. The van der Waals surface area contributed by atoms with Gasteiger partial charge in [0.05, 0.1) is 26.4 Å². The number of carbonyl (C=O) groups is 4. The van der Waals surface area contributed by atoms with Gasteiger partial charge in [-0.3, -0.25) is 37.3 Å². The van der Waals surface area contributed by atoms with Crippen molar-refractivity contribution < 1.29 is 80.2 Å². The maximum atomic E-state index is 13.0.